The number of nitrogens with one attached hydrogen (secondary N) is 3. The lowest BCUT2D eigenvalue weighted by molar-refractivity contribution is -0.384. The second-order valence-electron chi connectivity index (χ2n) is 5.85. The van der Waals surface area contributed by atoms with Gasteiger partial charge in [0.05, 0.1) is 4.92 Å². The molecule has 0 aliphatic carbocycles. The Balaban J connectivity index is 2.81. The summed E-state index contributed by atoms with van der Waals surface area (Å²) in [5.41, 5.74) is -0.532. The molecule has 0 aliphatic heterocycles. The van der Waals surface area contributed by atoms with Gasteiger partial charge in [0.1, 0.15) is 11.1 Å². The van der Waals surface area contributed by atoms with Crippen LogP contribution in [-0.2, 0) is 14.3 Å². The number of hydrogen-bond acceptors (Lipinski definition) is 7. The maximum Gasteiger partial charge on any atom is 0.329 e. The van der Waals surface area contributed by atoms with E-state index >= 15 is 0 Å². The molecule has 0 saturated heterocycles. The highest BCUT2D eigenvalue weighted by atomic mass is 35.5. The minimum Gasteiger partial charge on any atom is -0.454 e. The molecule has 4 amide bonds. The Hall–Kier alpha value is -3.21. The highest BCUT2D eigenvalue weighted by Gasteiger charge is 2.27. The Labute approximate surface area is 164 Å². The van der Waals surface area contributed by atoms with Crippen LogP contribution in [0, 0.1) is 16.0 Å². The van der Waals surface area contributed by atoms with Gasteiger partial charge < -0.3 is 15.4 Å². The van der Waals surface area contributed by atoms with Crippen LogP contribution in [0.5, 0.6) is 0 Å². The maximum absolute atomic E-state index is 12.4. The number of urea groups is 1. The fourth-order valence-electron chi connectivity index (χ4n) is 1.97. The molecule has 1 aromatic carbocycles. The van der Waals surface area contributed by atoms with Crippen LogP contribution in [0.25, 0.3) is 0 Å². The summed E-state index contributed by atoms with van der Waals surface area (Å²) in [5.74, 6) is -2.93. The smallest absolute Gasteiger partial charge is 0.329 e. The van der Waals surface area contributed by atoms with Crippen molar-refractivity contribution in [2.45, 2.75) is 19.9 Å². The van der Waals surface area contributed by atoms with Crippen LogP contribution in [0.15, 0.2) is 18.2 Å². The van der Waals surface area contributed by atoms with Gasteiger partial charge in [0, 0.05) is 18.7 Å². The first-order valence-corrected chi connectivity index (χ1v) is 8.37. The van der Waals surface area contributed by atoms with Crippen molar-refractivity contribution in [3.63, 3.8) is 0 Å². The summed E-state index contributed by atoms with van der Waals surface area (Å²) in [6.45, 7) is 2.53. The molecule has 11 nitrogen and oxygen atoms in total. The average molecular weight is 415 g/mol. The van der Waals surface area contributed by atoms with E-state index in [0.717, 1.165) is 6.07 Å². The number of imide groups is 1. The molecule has 1 unspecified atom stereocenters. The summed E-state index contributed by atoms with van der Waals surface area (Å²) in [6, 6.07) is 1.55. The van der Waals surface area contributed by atoms with E-state index in [0.29, 0.717) is 0 Å². The van der Waals surface area contributed by atoms with E-state index in [1.54, 1.807) is 13.8 Å². The van der Waals surface area contributed by atoms with Crippen molar-refractivity contribution in [1.29, 1.82) is 0 Å². The van der Waals surface area contributed by atoms with Crippen LogP contribution >= 0.6 is 11.6 Å². The minimum absolute atomic E-state index is 0.0769. The lowest BCUT2D eigenvalue weighted by Gasteiger charge is -2.20. The molecule has 0 heterocycles. The average Bonchev–Trinajstić information content (AvgIpc) is 2.63. The number of benzene rings is 1. The van der Waals surface area contributed by atoms with Gasteiger partial charge in [-0.05, 0) is 18.1 Å². The van der Waals surface area contributed by atoms with Crippen molar-refractivity contribution in [3.05, 3.63) is 38.9 Å². The van der Waals surface area contributed by atoms with Crippen molar-refractivity contribution in [2.24, 2.45) is 5.92 Å². The Bertz CT molecular complexity index is 797. The summed E-state index contributed by atoms with van der Waals surface area (Å²) in [4.78, 5) is 57.2. The summed E-state index contributed by atoms with van der Waals surface area (Å²) in [5, 5.41) is 17.3. The van der Waals surface area contributed by atoms with Gasteiger partial charge in [-0.1, -0.05) is 25.4 Å². The van der Waals surface area contributed by atoms with Crippen LogP contribution in [-0.4, -0.2) is 48.4 Å². The summed E-state index contributed by atoms with van der Waals surface area (Å²) < 4.78 is 4.82. The number of nitrogens with zero attached hydrogens (tertiary/aromatic N) is 1. The number of ether oxygens (including phenoxy) is 1. The Morgan fingerprint density at radius 1 is 1.25 bits per heavy atom. The van der Waals surface area contributed by atoms with E-state index in [1.165, 1.54) is 19.2 Å². The number of carbonyl (C=O) groups excluding carboxylic acids is 4. The van der Waals surface area contributed by atoms with Crippen LogP contribution < -0.4 is 16.0 Å². The van der Waals surface area contributed by atoms with E-state index in [2.05, 4.69) is 10.6 Å². The Morgan fingerprint density at radius 3 is 2.43 bits per heavy atom. The summed E-state index contributed by atoms with van der Waals surface area (Å²) in [7, 11) is 1.31. The van der Waals surface area contributed by atoms with Crippen molar-refractivity contribution < 1.29 is 28.8 Å². The predicted octanol–water partition coefficient (Wildman–Crippen LogP) is 1.00. The van der Waals surface area contributed by atoms with Crippen LogP contribution in [0.4, 0.5) is 10.5 Å². The molecule has 0 fully saturated rings. The number of nitro groups is 1. The minimum atomic E-state index is -1.13. The first-order chi connectivity index (χ1) is 13.1. The van der Waals surface area contributed by atoms with Gasteiger partial charge in [-0.25, -0.2) is 9.59 Å². The quantitative estimate of drug-likeness (QED) is 0.341. The molecule has 0 aromatic heterocycles. The Morgan fingerprint density at radius 2 is 1.89 bits per heavy atom. The standard InChI is InChI=1S/C16H19ClN4O7/c1-8(2)13(15(24)28-7-12(22)19-16(25)18-3)20-14(23)9-4-5-10(17)11(6-9)21(26)27/h4-6,8,13H,7H2,1-3H3,(H,20,23)(H2,18,19,22,25). The number of esters is 1. The number of nitro benzene ring substituents is 1. The monoisotopic (exact) mass is 414 g/mol. The fourth-order valence-corrected chi connectivity index (χ4v) is 2.15. The van der Waals surface area contributed by atoms with Gasteiger partial charge in [-0.2, -0.15) is 0 Å². The maximum atomic E-state index is 12.4. The summed E-state index contributed by atoms with van der Waals surface area (Å²) in [6.07, 6.45) is 0. The molecule has 0 bridgehead atoms. The molecule has 28 heavy (non-hydrogen) atoms. The highest BCUT2D eigenvalue weighted by Crippen LogP contribution is 2.25. The topological polar surface area (TPSA) is 157 Å². The first kappa shape index (κ1) is 22.8. The van der Waals surface area contributed by atoms with Crippen LogP contribution in [0.1, 0.15) is 24.2 Å². The van der Waals surface area contributed by atoms with Gasteiger partial charge >= 0.3 is 12.0 Å². The molecule has 0 aliphatic rings. The largest absolute Gasteiger partial charge is 0.454 e. The van der Waals surface area contributed by atoms with Gasteiger partial charge in [0.2, 0.25) is 0 Å². The lowest BCUT2D eigenvalue weighted by atomic mass is 10.0. The van der Waals surface area contributed by atoms with Crippen molar-refractivity contribution in [1.82, 2.24) is 16.0 Å². The second kappa shape index (κ2) is 10.2. The molecule has 1 atom stereocenters. The zero-order valence-corrected chi connectivity index (χ0v) is 16.0. The molecule has 1 rings (SSSR count). The van der Waals surface area contributed by atoms with E-state index in [4.69, 9.17) is 16.3 Å². The van der Waals surface area contributed by atoms with Gasteiger partial charge in [0.15, 0.2) is 6.61 Å². The molecular formula is C16H19ClN4O7. The molecular weight excluding hydrogens is 396 g/mol. The van der Waals surface area contributed by atoms with E-state index in [1.807, 2.05) is 5.32 Å². The number of amides is 4. The van der Waals surface area contributed by atoms with E-state index < -0.39 is 53.0 Å². The number of carbonyl (C=O) groups is 4. The molecule has 152 valence electrons. The predicted molar refractivity (Wildman–Crippen MR) is 97.8 cm³/mol. The zero-order valence-electron chi connectivity index (χ0n) is 15.3. The molecule has 0 saturated carbocycles. The number of hydrogen-bond donors (Lipinski definition) is 3. The third-order valence-electron chi connectivity index (χ3n) is 3.44. The van der Waals surface area contributed by atoms with Crippen molar-refractivity contribution in [2.75, 3.05) is 13.7 Å². The molecule has 1 aromatic rings. The number of halogens is 1. The SMILES string of the molecule is CNC(=O)NC(=O)COC(=O)C(NC(=O)c1ccc(Cl)c([N+](=O)[O-])c1)C(C)C. The fraction of sp³-hybridized carbons (Fsp3) is 0.375. The number of rotatable bonds is 7. The molecule has 0 radical (unpaired) electrons. The van der Waals surface area contributed by atoms with Gasteiger partial charge in [-0.15, -0.1) is 0 Å². The van der Waals surface area contributed by atoms with Crippen molar-refractivity contribution in [3.8, 4) is 0 Å². The van der Waals surface area contributed by atoms with Crippen molar-refractivity contribution >= 4 is 41.1 Å². The third-order valence-corrected chi connectivity index (χ3v) is 3.76. The third kappa shape index (κ3) is 6.50. The highest BCUT2D eigenvalue weighted by molar-refractivity contribution is 6.32. The first-order valence-electron chi connectivity index (χ1n) is 7.99. The van der Waals surface area contributed by atoms with Crippen LogP contribution in [0.2, 0.25) is 5.02 Å². The van der Waals surface area contributed by atoms with Crippen LogP contribution in [0.3, 0.4) is 0 Å². The molecule has 12 heteroatoms. The van der Waals surface area contributed by atoms with E-state index in [-0.39, 0.29) is 10.6 Å². The van der Waals surface area contributed by atoms with Gasteiger partial charge in [-0.3, -0.25) is 25.0 Å². The molecule has 3 N–H and O–H groups in total. The lowest BCUT2D eigenvalue weighted by Crippen LogP contribution is -2.46. The second-order valence-corrected chi connectivity index (χ2v) is 6.26. The normalized spacial score (nSPS) is 11.3. The molecule has 0 spiro atoms. The van der Waals surface area contributed by atoms with E-state index in [9.17, 15) is 29.3 Å². The van der Waals surface area contributed by atoms with Gasteiger partial charge in [0.25, 0.3) is 17.5 Å². The Kier molecular flexibility index (Phi) is 8.32. The zero-order chi connectivity index (χ0) is 21.4. The summed E-state index contributed by atoms with van der Waals surface area (Å²) >= 11 is 5.71.